The van der Waals surface area contributed by atoms with Crippen LogP contribution in [0.3, 0.4) is 0 Å². The van der Waals surface area contributed by atoms with E-state index in [1.807, 2.05) is 60.7 Å². The average molecular weight is 415 g/mol. The molecule has 0 saturated heterocycles. The summed E-state index contributed by atoms with van der Waals surface area (Å²) in [7, 11) is 0. The Morgan fingerprint density at radius 1 is 0.871 bits per heavy atom. The molecule has 2 unspecified atom stereocenters. The summed E-state index contributed by atoms with van der Waals surface area (Å²) in [5.74, 6) is 0.748. The van der Waals surface area contributed by atoms with E-state index in [0.29, 0.717) is 23.0 Å². The summed E-state index contributed by atoms with van der Waals surface area (Å²) in [6.45, 7) is 0. The number of rotatable bonds is 7. The van der Waals surface area contributed by atoms with E-state index >= 15 is 0 Å². The first kappa shape index (κ1) is 20.3. The van der Waals surface area contributed by atoms with Crippen LogP contribution in [0.5, 0.6) is 0 Å². The van der Waals surface area contributed by atoms with Crippen molar-refractivity contribution >= 4 is 17.3 Å². The van der Waals surface area contributed by atoms with Gasteiger partial charge in [0, 0.05) is 31.8 Å². The Morgan fingerprint density at radius 2 is 1.55 bits per heavy atom. The molecule has 1 fully saturated rings. The van der Waals surface area contributed by atoms with Gasteiger partial charge >= 0.3 is 0 Å². The van der Waals surface area contributed by atoms with Gasteiger partial charge in [-0.2, -0.15) is 0 Å². The van der Waals surface area contributed by atoms with Crippen LogP contribution in [-0.2, 0) is 0 Å². The maximum atomic E-state index is 12.7. The molecule has 5 heteroatoms. The van der Waals surface area contributed by atoms with E-state index in [-0.39, 0.29) is 14.8 Å². The highest BCUT2D eigenvalue weighted by molar-refractivity contribution is 5.95. The summed E-state index contributed by atoms with van der Waals surface area (Å²) in [5.41, 5.74) is 16.3. The molecule has 0 spiro atoms. The number of amides is 1. The van der Waals surface area contributed by atoms with Crippen molar-refractivity contribution in [2.45, 2.75) is 18.4 Å². The van der Waals surface area contributed by atoms with Crippen LogP contribution < -0.4 is 22.1 Å². The maximum Gasteiger partial charge on any atom is 0.251 e. The van der Waals surface area contributed by atoms with Crippen LogP contribution in [-0.4, -0.2) is 11.9 Å². The van der Waals surface area contributed by atoms with Gasteiger partial charge in [-0.05, 0) is 47.9 Å². The monoisotopic (exact) mass is 414 g/mol. The zero-order chi connectivity index (χ0) is 21.6. The van der Waals surface area contributed by atoms with E-state index in [9.17, 15) is 4.79 Å². The van der Waals surface area contributed by atoms with E-state index in [4.69, 9.17) is 11.5 Å². The Labute approximate surface area is 185 Å². The molecule has 1 saturated carbocycles. The molecule has 4 rings (SSSR count). The van der Waals surface area contributed by atoms with Crippen molar-refractivity contribution in [3.63, 3.8) is 0 Å². The Balaban J connectivity index is 0.00000193. The molecule has 31 heavy (non-hydrogen) atoms. The third-order valence-electron chi connectivity index (χ3n) is 5.30. The average Bonchev–Trinajstić information content (AvgIpc) is 3.58. The molecule has 1 aliphatic carbocycles. The van der Waals surface area contributed by atoms with Crippen LogP contribution in [0.4, 0.5) is 5.69 Å². The number of nitrogens with two attached hydrogens (primary N) is 2. The number of nitrogens with one attached hydrogen (secondary N) is 2. The highest BCUT2D eigenvalue weighted by Crippen LogP contribution is 2.40. The lowest BCUT2D eigenvalue weighted by Gasteiger charge is -2.09. The van der Waals surface area contributed by atoms with Gasteiger partial charge in [-0.25, -0.2) is 0 Å². The highest BCUT2D eigenvalue weighted by Gasteiger charge is 2.39. The second kappa shape index (κ2) is 9.22. The van der Waals surface area contributed by atoms with E-state index in [1.165, 1.54) is 5.56 Å². The Kier molecular flexibility index (Phi) is 6.03. The van der Waals surface area contributed by atoms with Crippen LogP contribution in [0.15, 0.2) is 103 Å². The van der Waals surface area contributed by atoms with Crippen LogP contribution in [0.25, 0.3) is 5.70 Å². The predicted octanol–water partition coefficient (Wildman–Crippen LogP) is 4.68. The van der Waals surface area contributed by atoms with Gasteiger partial charge < -0.3 is 22.1 Å². The van der Waals surface area contributed by atoms with Gasteiger partial charge in [-0.3, -0.25) is 4.79 Å². The Morgan fingerprint density at radius 3 is 2.29 bits per heavy atom. The standard InChI is InChI=1S/C26H26N4O.2H2/c27-23(19-10-5-2-6-11-19)14-15-25(28)29-21-13-7-12-20(16-21)26(31)30-24-17-22(24)18-8-3-1-4-9-18;;/h1-16,22,24,29H,17,27-28H2,(H,30,31);2*1H/b23-14-,25-15+;;. The minimum Gasteiger partial charge on any atom is -0.398 e. The largest absolute Gasteiger partial charge is 0.398 e. The van der Waals surface area contributed by atoms with Gasteiger partial charge in [0.25, 0.3) is 5.91 Å². The van der Waals surface area contributed by atoms with Crippen molar-refractivity contribution in [2.24, 2.45) is 11.5 Å². The Bertz CT molecular complexity index is 1120. The van der Waals surface area contributed by atoms with E-state index in [0.717, 1.165) is 17.7 Å². The van der Waals surface area contributed by atoms with Crippen molar-refractivity contribution in [2.75, 3.05) is 5.32 Å². The van der Waals surface area contributed by atoms with Crippen molar-refractivity contribution in [1.82, 2.24) is 5.32 Å². The molecule has 6 N–H and O–H groups in total. The zero-order valence-electron chi connectivity index (χ0n) is 17.2. The predicted molar refractivity (Wildman–Crippen MR) is 130 cm³/mol. The number of benzene rings is 3. The number of hydrogen-bond donors (Lipinski definition) is 4. The lowest BCUT2D eigenvalue weighted by Crippen LogP contribution is -2.26. The van der Waals surface area contributed by atoms with Gasteiger partial charge in [0.2, 0.25) is 0 Å². The van der Waals surface area contributed by atoms with Crippen LogP contribution in [0.1, 0.15) is 36.7 Å². The molecular formula is C26H30N4O. The van der Waals surface area contributed by atoms with Crippen molar-refractivity contribution in [3.05, 3.63) is 120 Å². The molecule has 2 atom stereocenters. The summed E-state index contributed by atoms with van der Waals surface area (Å²) in [6.07, 6.45) is 4.44. The third-order valence-corrected chi connectivity index (χ3v) is 5.30. The SMILES string of the molecule is N/C(=C\C=C(/N)Nc1cccc(C(=O)NC2CC2c2ccccc2)c1)c1ccccc1.[HH].[HH]. The van der Waals surface area contributed by atoms with E-state index < -0.39 is 0 Å². The third kappa shape index (κ3) is 5.34. The second-order valence-electron chi connectivity index (χ2n) is 7.65. The normalized spacial score (nSPS) is 18.3. The van der Waals surface area contributed by atoms with Crippen LogP contribution in [0, 0.1) is 0 Å². The summed E-state index contributed by atoms with van der Waals surface area (Å²) in [4.78, 5) is 12.7. The van der Waals surface area contributed by atoms with Crippen LogP contribution in [0.2, 0.25) is 0 Å². The summed E-state index contributed by atoms with van der Waals surface area (Å²) in [5, 5.41) is 6.23. The topological polar surface area (TPSA) is 93.2 Å². The number of allylic oxidation sites excluding steroid dienone is 2. The lowest BCUT2D eigenvalue weighted by molar-refractivity contribution is 0.0950. The molecule has 1 amide bonds. The minimum atomic E-state index is -0.0807. The molecule has 3 aromatic carbocycles. The lowest BCUT2D eigenvalue weighted by atomic mass is 10.1. The van der Waals surface area contributed by atoms with E-state index in [1.54, 1.807) is 24.3 Å². The van der Waals surface area contributed by atoms with Crippen molar-refractivity contribution in [1.29, 1.82) is 0 Å². The molecule has 1 aliphatic rings. The fourth-order valence-electron chi connectivity index (χ4n) is 3.53. The number of carbonyl (C=O) groups excluding carboxylic acids is 1. The first-order chi connectivity index (χ1) is 15.1. The molecular weight excluding hydrogens is 384 g/mol. The Hall–Kier alpha value is -3.99. The van der Waals surface area contributed by atoms with Crippen LogP contribution >= 0.6 is 0 Å². The molecule has 0 bridgehead atoms. The maximum absolute atomic E-state index is 12.7. The number of carbonyl (C=O) groups is 1. The number of anilines is 1. The fraction of sp³-hybridized carbons (Fsp3) is 0.115. The molecule has 0 heterocycles. The molecule has 0 radical (unpaired) electrons. The molecule has 3 aromatic rings. The first-order valence-corrected chi connectivity index (χ1v) is 10.3. The highest BCUT2D eigenvalue weighted by atomic mass is 16.1. The summed E-state index contributed by atoms with van der Waals surface area (Å²) >= 11 is 0. The zero-order valence-corrected chi connectivity index (χ0v) is 17.2. The molecule has 5 nitrogen and oxygen atoms in total. The second-order valence-corrected chi connectivity index (χ2v) is 7.65. The molecule has 0 aromatic heterocycles. The minimum absolute atomic E-state index is 0. The first-order valence-electron chi connectivity index (χ1n) is 10.3. The van der Waals surface area contributed by atoms with Gasteiger partial charge in [-0.15, -0.1) is 0 Å². The fourth-order valence-corrected chi connectivity index (χ4v) is 3.53. The van der Waals surface area contributed by atoms with Gasteiger partial charge in [0.05, 0.1) is 0 Å². The van der Waals surface area contributed by atoms with Crippen molar-refractivity contribution in [3.8, 4) is 0 Å². The van der Waals surface area contributed by atoms with Gasteiger partial charge in [-0.1, -0.05) is 66.7 Å². The smallest absolute Gasteiger partial charge is 0.251 e. The molecule has 0 aliphatic heterocycles. The van der Waals surface area contributed by atoms with E-state index in [2.05, 4.69) is 22.8 Å². The summed E-state index contributed by atoms with van der Waals surface area (Å²) < 4.78 is 0. The van der Waals surface area contributed by atoms with Crippen molar-refractivity contribution < 1.29 is 7.65 Å². The van der Waals surface area contributed by atoms with Gasteiger partial charge in [0.1, 0.15) is 5.82 Å². The van der Waals surface area contributed by atoms with Gasteiger partial charge in [0.15, 0.2) is 0 Å². The quantitative estimate of drug-likeness (QED) is 0.423. The molecule has 160 valence electrons. The summed E-state index contributed by atoms with van der Waals surface area (Å²) in [6, 6.07) is 27.4. The number of hydrogen-bond acceptors (Lipinski definition) is 4.